The molecule has 2 N–H and O–H groups in total. The minimum absolute atomic E-state index is 0. The first kappa shape index (κ1) is 34.4. The number of carbonyl (C=O) groups excluding carboxylic acids is 2. The zero-order valence-corrected chi connectivity index (χ0v) is 25.9. The summed E-state index contributed by atoms with van der Waals surface area (Å²) < 4.78 is 34.4. The third-order valence-corrected chi connectivity index (χ3v) is 6.52. The van der Waals surface area contributed by atoms with E-state index in [0.29, 0.717) is 22.5 Å². The second kappa shape index (κ2) is 15.4. The molecule has 2 unspecified atom stereocenters. The summed E-state index contributed by atoms with van der Waals surface area (Å²) in [5.41, 5.74) is 2.46. The Bertz CT molecular complexity index is 1330. The Hall–Kier alpha value is -2.83. The number of ether oxygens (including phenoxy) is 1. The number of aliphatic hydroxyl groups is 2. The molecule has 3 rings (SSSR count). The van der Waals surface area contributed by atoms with Crippen molar-refractivity contribution in [1.82, 2.24) is 14.7 Å². The van der Waals surface area contributed by atoms with Gasteiger partial charge in [0.2, 0.25) is 0 Å². The van der Waals surface area contributed by atoms with Crippen LogP contribution in [0.5, 0.6) is 5.75 Å². The number of nitrogens with zero attached hydrogens (tertiary/aromatic N) is 3. The molecule has 12 heteroatoms. The van der Waals surface area contributed by atoms with Gasteiger partial charge < -0.3 is 29.8 Å². The van der Waals surface area contributed by atoms with E-state index in [1.54, 1.807) is 13.1 Å². The first-order chi connectivity index (χ1) is 18.9. The van der Waals surface area contributed by atoms with Crippen LogP contribution in [0.2, 0.25) is 0 Å². The summed E-state index contributed by atoms with van der Waals surface area (Å²) in [6, 6.07) is 10.0. The summed E-state index contributed by atoms with van der Waals surface area (Å²) >= 11 is 0. The monoisotopic (exact) mass is 581 g/mol. The molecular weight excluding hydrogens is 547 g/mol. The van der Waals surface area contributed by atoms with Gasteiger partial charge in [-0.25, -0.2) is 13.5 Å². The molecule has 0 fully saturated rings. The predicted molar refractivity (Wildman–Crippen MR) is 141 cm³/mol. The average molecular weight is 582 g/mol. The van der Waals surface area contributed by atoms with Gasteiger partial charge in [-0.05, 0) is 67.1 Å². The van der Waals surface area contributed by atoms with E-state index in [0.717, 1.165) is 0 Å². The van der Waals surface area contributed by atoms with Crippen LogP contribution in [0.25, 0.3) is 5.69 Å². The van der Waals surface area contributed by atoms with Crippen molar-refractivity contribution >= 4 is 11.9 Å². The first-order valence-corrected chi connectivity index (χ1v) is 12.9. The topological polar surface area (TPSA) is 128 Å². The van der Waals surface area contributed by atoms with Crippen LogP contribution in [0.1, 0.15) is 66.3 Å². The number of rotatable bonds is 13. The van der Waals surface area contributed by atoms with Crippen molar-refractivity contribution in [3.63, 3.8) is 0 Å². The number of carbonyl (C=O) groups is 2. The zero-order chi connectivity index (χ0) is 29.6. The van der Waals surface area contributed by atoms with Crippen LogP contribution in [-0.2, 0) is 17.8 Å². The fourth-order valence-electron chi connectivity index (χ4n) is 4.61. The molecule has 216 valence electrons. The molecule has 0 aliphatic heterocycles. The molecule has 0 saturated heterocycles. The molecule has 9 nitrogen and oxygen atoms in total. The third kappa shape index (κ3) is 9.08. The molecule has 0 aliphatic rings. The molecule has 0 radical (unpaired) electrons. The Morgan fingerprint density at radius 1 is 1.10 bits per heavy atom. The fraction of sp³-hybridized carbons (Fsp3) is 0.414. The Morgan fingerprint density at radius 3 is 2.32 bits per heavy atom. The molecule has 0 aliphatic carbocycles. The largest absolute Gasteiger partial charge is 1.00 e. The number of benzene rings is 2. The summed E-state index contributed by atoms with van der Waals surface area (Å²) in [7, 11) is 2.94. The van der Waals surface area contributed by atoms with Crippen molar-refractivity contribution in [1.29, 1.82) is 0 Å². The van der Waals surface area contributed by atoms with Crippen molar-refractivity contribution in [3.05, 3.63) is 76.6 Å². The van der Waals surface area contributed by atoms with Gasteiger partial charge in [-0.2, -0.15) is 5.10 Å². The Morgan fingerprint density at radius 2 is 1.76 bits per heavy atom. The van der Waals surface area contributed by atoms with Crippen molar-refractivity contribution in [2.75, 3.05) is 14.2 Å². The van der Waals surface area contributed by atoms with Crippen LogP contribution in [0, 0.1) is 11.6 Å². The molecule has 0 saturated carbocycles. The van der Waals surface area contributed by atoms with Crippen molar-refractivity contribution in [2.24, 2.45) is 0 Å². The van der Waals surface area contributed by atoms with Gasteiger partial charge in [0.25, 0.3) is 5.91 Å². The second-order valence-electron chi connectivity index (χ2n) is 10.0. The van der Waals surface area contributed by atoms with Crippen molar-refractivity contribution in [3.8, 4) is 11.4 Å². The van der Waals surface area contributed by atoms with E-state index in [1.807, 2.05) is 13.8 Å². The Labute approximate surface area is 260 Å². The number of carboxylic acid groups (broad SMARTS) is 1. The number of aliphatic hydroxyl groups excluding tert-OH is 2. The SMILES string of the molecule is COc1ccc(CN(C)C(=O)c2nn(-c3ccc(F)cc3)c(CCC(O)CC(O)CC(=O)[O-])c2C(C)C)cc1F.[Na+]. The summed E-state index contributed by atoms with van der Waals surface area (Å²) in [4.78, 5) is 25.8. The van der Waals surface area contributed by atoms with Crippen LogP contribution < -0.4 is 39.4 Å². The van der Waals surface area contributed by atoms with Crippen molar-refractivity contribution < 1.29 is 68.0 Å². The van der Waals surface area contributed by atoms with E-state index < -0.39 is 42.1 Å². The van der Waals surface area contributed by atoms with E-state index in [1.165, 1.54) is 53.1 Å². The molecule has 0 spiro atoms. The second-order valence-corrected chi connectivity index (χ2v) is 10.0. The number of aromatic nitrogens is 2. The normalized spacial score (nSPS) is 12.5. The van der Waals surface area contributed by atoms with Crippen molar-refractivity contribution in [2.45, 2.75) is 64.2 Å². The van der Waals surface area contributed by atoms with E-state index in [4.69, 9.17) is 4.74 Å². The van der Waals surface area contributed by atoms with Gasteiger partial charge in [-0.15, -0.1) is 0 Å². The van der Waals surface area contributed by atoms with Gasteiger partial charge in [-0.1, -0.05) is 19.9 Å². The predicted octanol–water partition coefficient (Wildman–Crippen LogP) is -0.257. The molecule has 3 aromatic rings. The Balaban J connectivity index is 0.00000588. The Kier molecular flexibility index (Phi) is 12.9. The third-order valence-electron chi connectivity index (χ3n) is 6.52. The number of hydrogen-bond donors (Lipinski definition) is 2. The van der Waals surface area contributed by atoms with Crippen LogP contribution in [0.15, 0.2) is 42.5 Å². The molecule has 1 amide bonds. The number of hydrogen-bond acceptors (Lipinski definition) is 7. The number of amides is 1. The average Bonchev–Trinajstić information content (AvgIpc) is 3.26. The van der Waals surface area contributed by atoms with Gasteiger partial charge in [0.15, 0.2) is 17.3 Å². The molecule has 2 atom stereocenters. The van der Waals surface area contributed by atoms with Gasteiger partial charge in [0.1, 0.15) is 5.82 Å². The maximum Gasteiger partial charge on any atom is 1.00 e. The smallest absolute Gasteiger partial charge is 0.550 e. The van der Waals surface area contributed by atoms with Gasteiger partial charge in [-0.3, -0.25) is 4.79 Å². The number of methoxy groups -OCH3 is 1. The van der Waals surface area contributed by atoms with Gasteiger partial charge in [0, 0.05) is 37.2 Å². The minimum atomic E-state index is -1.42. The summed E-state index contributed by atoms with van der Waals surface area (Å²) in [6.45, 7) is 3.89. The molecule has 0 bridgehead atoms. The zero-order valence-electron chi connectivity index (χ0n) is 23.9. The molecule has 2 aromatic carbocycles. The molecule has 41 heavy (non-hydrogen) atoms. The van der Waals surface area contributed by atoms with E-state index in [-0.39, 0.29) is 72.7 Å². The number of halogens is 2. The van der Waals surface area contributed by atoms with E-state index >= 15 is 0 Å². The quantitative estimate of drug-likeness (QED) is 0.267. The first-order valence-electron chi connectivity index (χ1n) is 12.9. The van der Waals surface area contributed by atoms with Gasteiger partial charge >= 0.3 is 29.6 Å². The van der Waals surface area contributed by atoms with E-state index in [2.05, 4.69) is 5.10 Å². The summed E-state index contributed by atoms with van der Waals surface area (Å²) in [5.74, 6) is -2.89. The maximum atomic E-state index is 14.2. The summed E-state index contributed by atoms with van der Waals surface area (Å²) in [6.07, 6.45) is -2.67. The number of aliphatic carboxylic acids is 1. The molecule has 1 heterocycles. The molecular formula is C29H34F2N3NaO6. The standard InChI is InChI=1S/C29H35F2N3O6.Na/c1-17(2)27-24(11-10-21(35)14-22(36)15-26(37)38)34(20-8-6-19(30)7-9-20)32-28(27)29(39)33(3)16-18-5-12-25(40-4)23(31)13-18;/h5-9,12-13,17,21-22,35-36H,10-11,14-16H2,1-4H3,(H,37,38);/q;+1/p-1. The molecule has 1 aromatic heterocycles. The number of carboxylic acids is 1. The van der Waals surface area contributed by atoms with Crippen LogP contribution >= 0.6 is 0 Å². The van der Waals surface area contributed by atoms with Crippen LogP contribution in [0.3, 0.4) is 0 Å². The van der Waals surface area contributed by atoms with Crippen LogP contribution in [0.4, 0.5) is 8.78 Å². The maximum absolute atomic E-state index is 14.2. The van der Waals surface area contributed by atoms with Gasteiger partial charge in [0.05, 0.1) is 25.0 Å². The van der Waals surface area contributed by atoms with E-state index in [9.17, 15) is 33.7 Å². The summed E-state index contributed by atoms with van der Waals surface area (Å²) in [5, 5.41) is 35.7. The minimum Gasteiger partial charge on any atom is -0.550 e. The van der Waals surface area contributed by atoms with Crippen LogP contribution in [-0.4, -0.2) is 63.1 Å². The fourth-order valence-corrected chi connectivity index (χ4v) is 4.61.